The fraction of sp³-hybridized carbons (Fsp3) is 0.667. The zero-order valence-electron chi connectivity index (χ0n) is 9.83. The number of halogens is 1. The molecule has 0 radical (unpaired) electrons. The SMILES string of the molecule is Cc1cnc(Cl)nc1NC(C)C1CCCC1. The van der Waals surface area contributed by atoms with Gasteiger partial charge in [-0.15, -0.1) is 0 Å². The maximum absolute atomic E-state index is 5.80. The fourth-order valence-corrected chi connectivity index (χ4v) is 2.49. The van der Waals surface area contributed by atoms with Crippen LogP contribution in [0.2, 0.25) is 5.28 Å². The van der Waals surface area contributed by atoms with Crippen molar-refractivity contribution in [3.63, 3.8) is 0 Å². The fourth-order valence-electron chi connectivity index (χ4n) is 2.36. The van der Waals surface area contributed by atoms with Gasteiger partial charge in [0, 0.05) is 17.8 Å². The molecule has 1 N–H and O–H groups in total. The standard InChI is InChI=1S/C12H18ClN3/c1-8-7-14-12(13)16-11(8)15-9(2)10-5-3-4-6-10/h7,9-10H,3-6H2,1-2H3,(H,14,15,16). The Bertz CT molecular complexity index is 361. The molecule has 0 bridgehead atoms. The Morgan fingerprint density at radius 3 is 2.81 bits per heavy atom. The van der Waals surface area contributed by atoms with Crippen LogP contribution in [0.15, 0.2) is 6.20 Å². The van der Waals surface area contributed by atoms with Crippen LogP contribution in [-0.2, 0) is 0 Å². The first-order chi connectivity index (χ1) is 7.66. The normalized spacial score (nSPS) is 18.7. The van der Waals surface area contributed by atoms with E-state index in [1.165, 1.54) is 25.7 Å². The van der Waals surface area contributed by atoms with Crippen molar-refractivity contribution in [2.75, 3.05) is 5.32 Å². The maximum atomic E-state index is 5.80. The number of nitrogens with one attached hydrogen (secondary N) is 1. The third-order valence-corrected chi connectivity index (χ3v) is 3.60. The first kappa shape index (κ1) is 11.6. The molecule has 88 valence electrons. The van der Waals surface area contributed by atoms with Gasteiger partial charge in [0.1, 0.15) is 5.82 Å². The average Bonchev–Trinajstić information content (AvgIpc) is 2.76. The van der Waals surface area contributed by atoms with E-state index in [0.29, 0.717) is 11.3 Å². The summed E-state index contributed by atoms with van der Waals surface area (Å²) in [6.45, 7) is 4.23. The van der Waals surface area contributed by atoms with E-state index in [9.17, 15) is 0 Å². The summed E-state index contributed by atoms with van der Waals surface area (Å²) in [4.78, 5) is 8.19. The van der Waals surface area contributed by atoms with Gasteiger partial charge in [-0.25, -0.2) is 9.97 Å². The Kier molecular flexibility index (Phi) is 3.64. The molecule has 1 aromatic heterocycles. The van der Waals surface area contributed by atoms with Gasteiger partial charge >= 0.3 is 0 Å². The Hall–Kier alpha value is -0.830. The van der Waals surface area contributed by atoms with E-state index < -0.39 is 0 Å². The van der Waals surface area contributed by atoms with Crippen LogP contribution in [0.4, 0.5) is 5.82 Å². The van der Waals surface area contributed by atoms with E-state index in [4.69, 9.17) is 11.6 Å². The van der Waals surface area contributed by atoms with Gasteiger partial charge in [-0.3, -0.25) is 0 Å². The third kappa shape index (κ3) is 2.64. The molecule has 1 aliphatic rings. The second-order valence-corrected chi connectivity index (χ2v) is 4.99. The molecule has 1 aromatic rings. The quantitative estimate of drug-likeness (QED) is 0.822. The van der Waals surface area contributed by atoms with Gasteiger partial charge in [-0.2, -0.15) is 0 Å². The molecule has 1 heterocycles. The molecule has 1 unspecified atom stereocenters. The van der Waals surface area contributed by atoms with E-state index in [0.717, 1.165) is 17.3 Å². The van der Waals surface area contributed by atoms with Crippen molar-refractivity contribution in [2.24, 2.45) is 5.92 Å². The highest BCUT2D eigenvalue weighted by molar-refractivity contribution is 6.28. The summed E-state index contributed by atoms with van der Waals surface area (Å²) in [6.07, 6.45) is 7.14. The van der Waals surface area contributed by atoms with Gasteiger partial charge < -0.3 is 5.32 Å². The van der Waals surface area contributed by atoms with E-state index >= 15 is 0 Å². The van der Waals surface area contributed by atoms with Crippen molar-refractivity contribution in [3.8, 4) is 0 Å². The summed E-state index contributed by atoms with van der Waals surface area (Å²) < 4.78 is 0. The maximum Gasteiger partial charge on any atom is 0.224 e. The summed E-state index contributed by atoms with van der Waals surface area (Å²) in [5.41, 5.74) is 1.05. The second-order valence-electron chi connectivity index (χ2n) is 4.65. The Labute approximate surface area is 102 Å². The molecule has 1 fully saturated rings. The van der Waals surface area contributed by atoms with Crippen molar-refractivity contribution < 1.29 is 0 Å². The summed E-state index contributed by atoms with van der Waals surface area (Å²) in [6, 6.07) is 0.465. The van der Waals surface area contributed by atoms with Crippen molar-refractivity contribution in [1.29, 1.82) is 0 Å². The smallest absolute Gasteiger partial charge is 0.224 e. The lowest BCUT2D eigenvalue weighted by atomic mass is 10.00. The molecule has 1 atom stereocenters. The third-order valence-electron chi connectivity index (χ3n) is 3.41. The summed E-state index contributed by atoms with van der Waals surface area (Å²) >= 11 is 5.80. The monoisotopic (exact) mass is 239 g/mol. The molecular formula is C12H18ClN3. The van der Waals surface area contributed by atoms with Gasteiger partial charge in [0.2, 0.25) is 5.28 Å². The van der Waals surface area contributed by atoms with Gasteiger partial charge in [0.05, 0.1) is 0 Å². The first-order valence-electron chi connectivity index (χ1n) is 5.92. The molecule has 1 aliphatic carbocycles. The van der Waals surface area contributed by atoms with Crippen LogP contribution >= 0.6 is 11.6 Å². The number of nitrogens with zero attached hydrogens (tertiary/aromatic N) is 2. The first-order valence-corrected chi connectivity index (χ1v) is 6.30. The van der Waals surface area contributed by atoms with Crippen molar-refractivity contribution in [3.05, 3.63) is 17.0 Å². The minimum atomic E-state index is 0.312. The molecule has 0 spiro atoms. The van der Waals surface area contributed by atoms with Crippen molar-refractivity contribution >= 4 is 17.4 Å². The van der Waals surface area contributed by atoms with E-state index in [2.05, 4.69) is 22.2 Å². The number of anilines is 1. The molecule has 3 nitrogen and oxygen atoms in total. The van der Waals surface area contributed by atoms with Gasteiger partial charge in [-0.05, 0) is 44.2 Å². The van der Waals surface area contributed by atoms with Crippen molar-refractivity contribution in [1.82, 2.24) is 9.97 Å². The van der Waals surface area contributed by atoms with E-state index in [1.54, 1.807) is 6.20 Å². The van der Waals surface area contributed by atoms with Crippen LogP contribution in [-0.4, -0.2) is 16.0 Å². The average molecular weight is 240 g/mol. The predicted molar refractivity (Wildman–Crippen MR) is 66.8 cm³/mol. The highest BCUT2D eigenvalue weighted by atomic mass is 35.5. The number of hydrogen-bond acceptors (Lipinski definition) is 3. The molecular weight excluding hydrogens is 222 g/mol. The minimum Gasteiger partial charge on any atom is -0.367 e. The van der Waals surface area contributed by atoms with Crippen LogP contribution in [0.25, 0.3) is 0 Å². The Morgan fingerprint density at radius 2 is 2.12 bits per heavy atom. The molecule has 2 rings (SSSR count). The van der Waals surface area contributed by atoms with Crippen LogP contribution in [0.1, 0.15) is 38.2 Å². The van der Waals surface area contributed by atoms with E-state index in [1.807, 2.05) is 6.92 Å². The molecule has 0 saturated heterocycles. The summed E-state index contributed by atoms with van der Waals surface area (Å²) in [5, 5.41) is 3.77. The van der Waals surface area contributed by atoms with Gasteiger partial charge in [-0.1, -0.05) is 12.8 Å². The van der Waals surface area contributed by atoms with Gasteiger partial charge in [0.15, 0.2) is 0 Å². The van der Waals surface area contributed by atoms with Gasteiger partial charge in [0.25, 0.3) is 0 Å². The minimum absolute atomic E-state index is 0.312. The predicted octanol–water partition coefficient (Wildman–Crippen LogP) is 3.43. The van der Waals surface area contributed by atoms with Crippen molar-refractivity contribution in [2.45, 2.75) is 45.6 Å². The number of aryl methyl sites for hydroxylation is 1. The molecule has 0 aromatic carbocycles. The Morgan fingerprint density at radius 1 is 1.44 bits per heavy atom. The lowest BCUT2D eigenvalue weighted by Gasteiger charge is -2.21. The number of hydrogen-bond donors (Lipinski definition) is 1. The van der Waals surface area contributed by atoms with Crippen LogP contribution in [0.3, 0.4) is 0 Å². The lowest BCUT2D eigenvalue weighted by molar-refractivity contribution is 0.481. The topological polar surface area (TPSA) is 37.8 Å². The second kappa shape index (κ2) is 5.00. The zero-order chi connectivity index (χ0) is 11.5. The molecule has 1 saturated carbocycles. The molecule has 4 heteroatoms. The molecule has 0 aliphatic heterocycles. The highest BCUT2D eigenvalue weighted by Gasteiger charge is 2.22. The van der Waals surface area contributed by atoms with Crippen LogP contribution in [0.5, 0.6) is 0 Å². The highest BCUT2D eigenvalue weighted by Crippen LogP contribution is 2.29. The van der Waals surface area contributed by atoms with E-state index in [-0.39, 0.29) is 0 Å². The molecule has 0 amide bonds. The zero-order valence-corrected chi connectivity index (χ0v) is 10.6. The van der Waals surface area contributed by atoms with Crippen LogP contribution in [0, 0.1) is 12.8 Å². The largest absolute Gasteiger partial charge is 0.367 e. The summed E-state index contributed by atoms with van der Waals surface area (Å²) in [7, 11) is 0. The number of aromatic nitrogens is 2. The lowest BCUT2D eigenvalue weighted by Crippen LogP contribution is -2.24. The van der Waals surface area contributed by atoms with Crippen LogP contribution < -0.4 is 5.32 Å². The molecule has 16 heavy (non-hydrogen) atoms. The summed E-state index contributed by atoms with van der Waals surface area (Å²) in [5.74, 6) is 1.65. The number of rotatable bonds is 3. The Balaban J connectivity index is 2.04.